The normalized spacial score (nSPS) is 11.2. The van der Waals surface area contributed by atoms with Crippen LogP contribution in [0.25, 0.3) is 54.5 Å². The summed E-state index contributed by atoms with van der Waals surface area (Å²) in [5.74, 6) is 0. The minimum absolute atomic E-state index is 0.889. The van der Waals surface area contributed by atoms with Gasteiger partial charge in [0.25, 0.3) is 0 Å². The van der Waals surface area contributed by atoms with Crippen LogP contribution in [0.1, 0.15) is 0 Å². The Morgan fingerprint density at radius 1 is 0.581 bits per heavy atom. The average Bonchev–Trinajstić information content (AvgIpc) is 3.32. The van der Waals surface area contributed by atoms with E-state index in [2.05, 4.69) is 51.4 Å². The molecule has 0 fully saturated rings. The third-order valence-electron chi connectivity index (χ3n) is 5.52. The Kier molecular flexibility index (Phi) is 4.06. The molecule has 7 aromatic rings. The number of benzene rings is 4. The van der Waals surface area contributed by atoms with Gasteiger partial charge in [-0.05, 0) is 52.6 Å². The van der Waals surface area contributed by atoms with Crippen molar-refractivity contribution in [1.29, 1.82) is 0 Å². The monoisotopic (exact) mass is 399 g/mol. The number of nitrogens with zero attached hydrogens (tertiary/aromatic N) is 3. The lowest BCUT2D eigenvalue weighted by Crippen LogP contribution is -1.81. The average molecular weight is 399 g/mol. The Hall–Kier alpha value is -4.31. The molecule has 3 heterocycles. The van der Waals surface area contributed by atoms with Gasteiger partial charge in [-0.25, -0.2) is 9.97 Å². The van der Waals surface area contributed by atoms with E-state index in [0.29, 0.717) is 0 Å². The molecule has 0 saturated heterocycles. The van der Waals surface area contributed by atoms with Crippen molar-refractivity contribution in [2.75, 3.05) is 0 Å². The van der Waals surface area contributed by atoms with E-state index in [9.17, 15) is 0 Å². The number of hydrogen-bond acceptors (Lipinski definition) is 4. The summed E-state index contributed by atoms with van der Waals surface area (Å²) in [6.45, 7) is 0. The molecule has 3 aromatic heterocycles. The topological polar surface area (TPSA) is 51.8 Å². The van der Waals surface area contributed by atoms with Gasteiger partial charge in [-0.1, -0.05) is 48.5 Å². The first kappa shape index (κ1) is 17.5. The van der Waals surface area contributed by atoms with Gasteiger partial charge in [0.1, 0.15) is 17.5 Å². The number of rotatable bonds is 0. The Balaban J connectivity index is 0.000000156. The minimum Gasteiger partial charge on any atom is -0.456 e. The van der Waals surface area contributed by atoms with Crippen LogP contribution in [0.3, 0.4) is 0 Å². The zero-order valence-corrected chi connectivity index (χ0v) is 16.6. The molecule has 0 N–H and O–H groups in total. The molecular formula is C27H17N3O. The van der Waals surface area contributed by atoms with Crippen molar-refractivity contribution in [2.45, 2.75) is 0 Å². The SMILES string of the molecule is c1ccc2cnccc2c1.c1ccc2oc3ccc4c(ccc5ncnc54)c3cc2c1. The van der Waals surface area contributed by atoms with Gasteiger partial charge in [0, 0.05) is 28.6 Å². The third kappa shape index (κ3) is 3.06. The molecule has 0 atom stereocenters. The van der Waals surface area contributed by atoms with Crippen molar-refractivity contribution in [3.8, 4) is 0 Å². The smallest absolute Gasteiger partial charge is 0.135 e. The summed E-state index contributed by atoms with van der Waals surface area (Å²) in [6.07, 6.45) is 5.29. The van der Waals surface area contributed by atoms with Crippen LogP contribution in [-0.4, -0.2) is 15.0 Å². The van der Waals surface area contributed by atoms with E-state index in [1.54, 1.807) is 6.33 Å². The zero-order chi connectivity index (χ0) is 20.6. The van der Waals surface area contributed by atoms with Gasteiger partial charge in [0.05, 0.1) is 11.0 Å². The van der Waals surface area contributed by atoms with Crippen LogP contribution in [0.15, 0.2) is 108 Å². The number of para-hydroxylation sites is 1. The maximum absolute atomic E-state index is 6.01. The van der Waals surface area contributed by atoms with Crippen molar-refractivity contribution in [3.05, 3.63) is 104 Å². The lowest BCUT2D eigenvalue weighted by atomic mass is 10.0. The van der Waals surface area contributed by atoms with Crippen molar-refractivity contribution in [1.82, 2.24) is 15.0 Å². The minimum atomic E-state index is 0.889. The standard InChI is InChI=1S/C18H10N2O.C9H7N/c1-2-4-16-11(3-1)9-14-12-5-7-15-18(20-10-19-15)13(12)6-8-17(14)21-16;1-2-4-9-7-10-6-5-8(9)3-1/h1-10H;1-7H. The van der Waals surface area contributed by atoms with E-state index in [0.717, 1.165) is 43.7 Å². The largest absolute Gasteiger partial charge is 0.456 e. The number of imidazole rings is 1. The Bertz CT molecular complexity index is 1640. The van der Waals surface area contributed by atoms with Gasteiger partial charge in [-0.2, -0.15) is 0 Å². The van der Waals surface area contributed by atoms with E-state index in [4.69, 9.17) is 4.42 Å². The van der Waals surface area contributed by atoms with Crippen LogP contribution < -0.4 is 0 Å². The number of hydrogen-bond donors (Lipinski definition) is 0. The maximum atomic E-state index is 6.01. The molecule has 7 rings (SSSR count). The summed E-state index contributed by atoms with van der Waals surface area (Å²) >= 11 is 0. The molecule has 4 nitrogen and oxygen atoms in total. The van der Waals surface area contributed by atoms with Crippen molar-refractivity contribution in [3.63, 3.8) is 0 Å². The summed E-state index contributed by atoms with van der Waals surface area (Å²) in [5, 5.41) is 6.92. The second-order valence-electron chi connectivity index (χ2n) is 7.39. The van der Waals surface area contributed by atoms with Gasteiger partial charge in [-0.3, -0.25) is 4.98 Å². The number of aromatic nitrogens is 3. The predicted molar refractivity (Wildman–Crippen MR) is 126 cm³/mol. The second kappa shape index (κ2) is 7.18. The molecule has 4 aromatic carbocycles. The Labute approximate surface area is 177 Å². The molecule has 0 amide bonds. The molecule has 0 radical (unpaired) electrons. The fourth-order valence-corrected chi connectivity index (χ4v) is 4.00. The van der Waals surface area contributed by atoms with Gasteiger partial charge >= 0.3 is 0 Å². The zero-order valence-electron chi connectivity index (χ0n) is 16.6. The van der Waals surface area contributed by atoms with E-state index in [1.165, 1.54) is 10.8 Å². The first-order valence-corrected chi connectivity index (χ1v) is 10.1. The quantitative estimate of drug-likeness (QED) is 0.205. The third-order valence-corrected chi connectivity index (χ3v) is 5.52. The highest BCUT2D eigenvalue weighted by Gasteiger charge is 2.09. The summed E-state index contributed by atoms with van der Waals surface area (Å²) in [7, 11) is 0. The first-order valence-electron chi connectivity index (χ1n) is 10.1. The maximum Gasteiger partial charge on any atom is 0.135 e. The molecule has 0 spiro atoms. The Morgan fingerprint density at radius 3 is 2.29 bits per heavy atom. The van der Waals surface area contributed by atoms with E-state index >= 15 is 0 Å². The second-order valence-corrected chi connectivity index (χ2v) is 7.39. The van der Waals surface area contributed by atoms with Gasteiger partial charge in [-0.15, -0.1) is 0 Å². The number of fused-ring (bicyclic) bond motifs is 7. The van der Waals surface area contributed by atoms with Crippen LogP contribution >= 0.6 is 0 Å². The fraction of sp³-hybridized carbons (Fsp3) is 0. The Morgan fingerprint density at radius 2 is 1.39 bits per heavy atom. The predicted octanol–water partition coefficient (Wildman–Crippen LogP) is 6.92. The fourth-order valence-electron chi connectivity index (χ4n) is 4.00. The van der Waals surface area contributed by atoms with Crippen LogP contribution in [0.4, 0.5) is 0 Å². The van der Waals surface area contributed by atoms with Crippen LogP contribution in [-0.2, 0) is 0 Å². The van der Waals surface area contributed by atoms with Crippen molar-refractivity contribution in [2.24, 2.45) is 0 Å². The van der Waals surface area contributed by atoms with Crippen molar-refractivity contribution >= 4 is 54.5 Å². The molecule has 0 saturated carbocycles. The first-order chi connectivity index (χ1) is 15.4. The summed E-state index contributed by atoms with van der Waals surface area (Å²) in [5.41, 5.74) is 3.67. The lowest BCUT2D eigenvalue weighted by Gasteiger charge is -2.06. The molecule has 0 aliphatic heterocycles. The van der Waals surface area contributed by atoms with E-state index in [1.807, 2.05) is 60.9 Å². The molecule has 0 aliphatic carbocycles. The highest BCUT2D eigenvalue weighted by Crippen LogP contribution is 2.32. The van der Waals surface area contributed by atoms with Crippen LogP contribution in [0.5, 0.6) is 0 Å². The molecule has 0 aliphatic rings. The van der Waals surface area contributed by atoms with Gasteiger partial charge in [0.15, 0.2) is 0 Å². The van der Waals surface area contributed by atoms with Gasteiger partial charge in [0.2, 0.25) is 0 Å². The molecular weight excluding hydrogens is 382 g/mol. The van der Waals surface area contributed by atoms with Crippen LogP contribution in [0, 0.1) is 0 Å². The number of pyridine rings is 1. The van der Waals surface area contributed by atoms with E-state index in [-0.39, 0.29) is 0 Å². The van der Waals surface area contributed by atoms with Crippen LogP contribution in [0.2, 0.25) is 0 Å². The highest BCUT2D eigenvalue weighted by molar-refractivity contribution is 6.15. The highest BCUT2D eigenvalue weighted by atomic mass is 16.3. The lowest BCUT2D eigenvalue weighted by molar-refractivity contribution is 0.661. The molecule has 0 unspecified atom stereocenters. The molecule has 146 valence electrons. The van der Waals surface area contributed by atoms with E-state index < -0.39 is 0 Å². The summed E-state index contributed by atoms with van der Waals surface area (Å²) in [6, 6.07) is 28.6. The van der Waals surface area contributed by atoms with Gasteiger partial charge < -0.3 is 4.42 Å². The summed E-state index contributed by atoms with van der Waals surface area (Å²) in [4.78, 5) is 12.7. The molecule has 4 heteroatoms. The van der Waals surface area contributed by atoms with Crippen molar-refractivity contribution < 1.29 is 4.42 Å². The summed E-state index contributed by atoms with van der Waals surface area (Å²) < 4.78 is 6.01. The molecule has 0 bridgehead atoms. The molecule has 31 heavy (non-hydrogen) atoms.